The van der Waals surface area contributed by atoms with E-state index in [0.717, 1.165) is 0 Å². The van der Waals surface area contributed by atoms with Gasteiger partial charge in [0, 0.05) is 11.1 Å². The molecule has 2 nitrogen and oxygen atoms in total. The lowest BCUT2D eigenvalue weighted by Gasteiger charge is -2.21. The molecule has 0 spiro atoms. The van der Waals surface area contributed by atoms with E-state index in [2.05, 4.69) is 150 Å². The lowest BCUT2D eigenvalue weighted by atomic mass is 9.88. The molecular weight excluding hydrogens is 460 g/mol. The van der Waals surface area contributed by atoms with E-state index >= 15 is 0 Å². The Morgan fingerprint density at radius 3 is 1.82 bits per heavy atom. The van der Waals surface area contributed by atoms with E-state index in [9.17, 15) is 0 Å². The van der Waals surface area contributed by atoms with Crippen molar-refractivity contribution in [1.82, 2.24) is 4.57 Å². The fraction of sp³-hybridized carbons (Fsp3) is 0.306. The zero-order chi connectivity index (χ0) is 27.1. The second kappa shape index (κ2) is 10.3. The van der Waals surface area contributed by atoms with Crippen molar-refractivity contribution in [1.29, 1.82) is 0 Å². The fourth-order valence-electron chi connectivity index (χ4n) is 5.71. The van der Waals surface area contributed by atoms with E-state index in [1.54, 1.807) is 0 Å². The number of aryl methyl sites for hydroxylation is 2. The molecule has 0 radical (unpaired) electrons. The number of benzene rings is 4. The fourth-order valence-corrected chi connectivity index (χ4v) is 5.71. The maximum atomic E-state index is 2.57. The predicted octanol–water partition coefficient (Wildman–Crippen LogP) is 9.47. The van der Waals surface area contributed by atoms with Gasteiger partial charge in [0.15, 0.2) is 11.0 Å². The summed E-state index contributed by atoms with van der Waals surface area (Å²) in [6.07, 6.45) is 0. The molecule has 0 atom stereocenters. The monoisotopic (exact) mass is 501 g/mol. The normalized spacial score (nSPS) is 11.9. The zero-order valence-corrected chi connectivity index (χ0v) is 24.2. The summed E-state index contributed by atoms with van der Waals surface area (Å²) in [5.41, 5.74) is 13.1. The average molecular weight is 502 g/mol. The first-order chi connectivity index (χ1) is 18.2. The van der Waals surface area contributed by atoms with Gasteiger partial charge in [-0.2, -0.15) is 4.57 Å². The Labute approximate surface area is 228 Å². The molecule has 0 aliphatic heterocycles. The van der Waals surface area contributed by atoms with Gasteiger partial charge < -0.3 is 0 Å². The number of fused-ring (bicyclic) bond motifs is 1. The highest BCUT2D eigenvalue weighted by atomic mass is 15.2. The van der Waals surface area contributed by atoms with Crippen LogP contribution in [0.3, 0.4) is 0 Å². The molecule has 4 aromatic carbocycles. The third-order valence-corrected chi connectivity index (χ3v) is 7.93. The number of hydrogen-bond donors (Lipinski definition) is 0. The first kappa shape index (κ1) is 26.0. The Hall–Kier alpha value is -3.65. The van der Waals surface area contributed by atoms with Crippen molar-refractivity contribution in [3.05, 3.63) is 107 Å². The molecule has 5 rings (SSSR count). The quantitative estimate of drug-likeness (QED) is 0.205. The highest BCUT2D eigenvalue weighted by Gasteiger charge is 2.32. The van der Waals surface area contributed by atoms with Crippen LogP contribution in [-0.4, -0.2) is 4.57 Å². The molecule has 38 heavy (non-hydrogen) atoms. The number of nitrogens with zero attached hydrogens (tertiary/aromatic N) is 2. The van der Waals surface area contributed by atoms with E-state index in [0.29, 0.717) is 17.8 Å². The topological polar surface area (TPSA) is 8.81 Å². The highest BCUT2D eigenvalue weighted by molar-refractivity contribution is 5.82. The molecule has 0 aliphatic rings. The van der Waals surface area contributed by atoms with Crippen molar-refractivity contribution < 1.29 is 4.57 Å². The Balaban J connectivity index is 1.97. The molecule has 0 amide bonds. The molecule has 0 bridgehead atoms. The molecule has 2 heteroatoms. The maximum absolute atomic E-state index is 2.57. The van der Waals surface area contributed by atoms with Gasteiger partial charge in [-0.05, 0) is 77.3 Å². The van der Waals surface area contributed by atoms with Crippen molar-refractivity contribution in [2.45, 2.75) is 66.2 Å². The molecule has 0 unspecified atom stereocenters. The minimum Gasteiger partial charge on any atom is -0.225 e. The molecular formula is C36H41N2+. The summed E-state index contributed by atoms with van der Waals surface area (Å²) in [5, 5.41) is 0. The van der Waals surface area contributed by atoms with Gasteiger partial charge in [-0.15, -0.1) is 0 Å². The Morgan fingerprint density at radius 1 is 0.632 bits per heavy atom. The summed E-state index contributed by atoms with van der Waals surface area (Å²) < 4.78 is 4.96. The van der Waals surface area contributed by atoms with Crippen molar-refractivity contribution in [3.8, 4) is 28.2 Å². The third-order valence-electron chi connectivity index (χ3n) is 7.93. The van der Waals surface area contributed by atoms with Gasteiger partial charge in [-0.1, -0.05) is 96.1 Å². The van der Waals surface area contributed by atoms with Crippen LogP contribution in [0.25, 0.3) is 39.2 Å². The minimum atomic E-state index is 0.368. The summed E-state index contributed by atoms with van der Waals surface area (Å²) in [7, 11) is 2.22. The van der Waals surface area contributed by atoms with Crippen molar-refractivity contribution in [2.24, 2.45) is 7.05 Å². The van der Waals surface area contributed by atoms with Gasteiger partial charge in [0.05, 0.1) is 12.6 Å². The molecule has 0 N–H and O–H groups in total. The largest absolute Gasteiger partial charge is 0.295 e. The Morgan fingerprint density at radius 2 is 1.24 bits per heavy atom. The van der Waals surface area contributed by atoms with Crippen LogP contribution in [0.4, 0.5) is 0 Å². The van der Waals surface area contributed by atoms with Crippen LogP contribution in [0.1, 0.15) is 81.5 Å². The minimum absolute atomic E-state index is 0.368. The summed E-state index contributed by atoms with van der Waals surface area (Å²) >= 11 is 0. The van der Waals surface area contributed by atoms with Crippen LogP contribution in [0, 0.1) is 6.92 Å². The summed E-state index contributed by atoms with van der Waals surface area (Å²) in [5.74, 6) is 2.43. The van der Waals surface area contributed by atoms with Crippen LogP contribution in [0.15, 0.2) is 84.9 Å². The van der Waals surface area contributed by atoms with Crippen LogP contribution >= 0.6 is 0 Å². The lowest BCUT2D eigenvalue weighted by Crippen LogP contribution is -2.30. The van der Waals surface area contributed by atoms with E-state index in [-0.39, 0.29) is 0 Å². The second-order valence-corrected chi connectivity index (χ2v) is 11.6. The number of hydrogen-bond acceptors (Lipinski definition) is 0. The molecule has 1 heterocycles. The van der Waals surface area contributed by atoms with Gasteiger partial charge in [0.1, 0.15) is 5.69 Å². The highest BCUT2D eigenvalue weighted by Crippen LogP contribution is 2.40. The number of imidazole rings is 1. The van der Waals surface area contributed by atoms with Crippen molar-refractivity contribution in [3.63, 3.8) is 0 Å². The second-order valence-electron chi connectivity index (χ2n) is 11.6. The SMILES string of the molecule is Cc1ccccc1-c1n(-c2c(C(C)C)cc(-c3ccccc3)cc2C(C)C)c2cc(C(C)C)ccc2[n+]1C. The van der Waals surface area contributed by atoms with Gasteiger partial charge >= 0.3 is 0 Å². The zero-order valence-electron chi connectivity index (χ0n) is 24.2. The van der Waals surface area contributed by atoms with Gasteiger partial charge in [0.25, 0.3) is 5.82 Å². The molecule has 5 aromatic rings. The van der Waals surface area contributed by atoms with Crippen molar-refractivity contribution in [2.75, 3.05) is 0 Å². The molecule has 0 fully saturated rings. The molecule has 0 saturated heterocycles. The third kappa shape index (κ3) is 4.47. The van der Waals surface area contributed by atoms with Crippen LogP contribution in [0.2, 0.25) is 0 Å². The number of aromatic nitrogens is 2. The van der Waals surface area contributed by atoms with Crippen LogP contribution in [0.5, 0.6) is 0 Å². The van der Waals surface area contributed by atoms with E-state index in [4.69, 9.17) is 0 Å². The van der Waals surface area contributed by atoms with Crippen molar-refractivity contribution >= 4 is 11.0 Å². The Kier molecular flexibility index (Phi) is 7.01. The summed E-state index contributed by atoms with van der Waals surface area (Å²) in [6, 6.07) is 31.5. The van der Waals surface area contributed by atoms with Gasteiger partial charge in [-0.3, -0.25) is 0 Å². The standard InChI is InChI=1S/C36H41N2/c1-23(2)28-18-19-33-34(22-28)38(36(37(33)8)30-17-13-12-14-26(30)7)35-31(24(3)4)20-29(21-32(35)25(5)6)27-15-10-9-11-16-27/h9-25H,1-8H3/q+1. The van der Waals surface area contributed by atoms with E-state index in [1.165, 1.54) is 61.5 Å². The van der Waals surface area contributed by atoms with Crippen LogP contribution in [-0.2, 0) is 7.05 Å². The van der Waals surface area contributed by atoms with E-state index < -0.39 is 0 Å². The first-order valence-corrected chi connectivity index (χ1v) is 14.0. The van der Waals surface area contributed by atoms with Gasteiger partial charge in [0.2, 0.25) is 0 Å². The number of rotatable bonds is 6. The molecule has 1 aromatic heterocycles. The summed E-state index contributed by atoms with van der Waals surface area (Å²) in [4.78, 5) is 0. The summed E-state index contributed by atoms with van der Waals surface area (Å²) in [6.45, 7) is 16.1. The smallest absolute Gasteiger partial charge is 0.225 e. The van der Waals surface area contributed by atoms with E-state index in [1.807, 2.05) is 0 Å². The average Bonchev–Trinajstić information content (AvgIpc) is 3.19. The van der Waals surface area contributed by atoms with Crippen LogP contribution < -0.4 is 4.57 Å². The molecule has 0 saturated carbocycles. The maximum Gasteiger partial charge on any atom is 0.295 e. The molecule has 0 aliphatic carbocycles. The predicted molar refractivity (Wildman–Crippen MR) is 162 cm³/mol. The Bertz CT molecular complexity index is 1570. The molecule has 194 valence electrons. The lowest BCUT2D eigenvalue weighted by molar-refractivity contribution is -0.633. The first-order valence-electron chi connectivity index (χ1n) is 14.0. The van der Waals surface area contributed by atoms with Gasteiger partial charge in [-0.25, -0.2) is 4.57 Å².